The lowest BCUT2D eigenvalue weighted by Crippen LogP contribution is -2.57. The first-order chi connectivity index (χ1) is 17.7. The quantitative estimate of drug-likeness (QED) is 0.420. The largest absolute Gasteiger partial charge is 0.493 e. The van der Waals surface area contributed by atoms with Gasteiger partial charge in [0.2, 0.25) is 0 Å². The number of nitrogens with zero attached hydrogens (tertiary/aromatic N) is 3. The first-order valence-corrected chi connectivity index (χ1v) is 12.7. The number of aryl methyl sites for hydroxylation is 1. The molecular weight excluding hydrogens is 474 g/mol. The Hall–Kier alpha value is -3.75. The number of hydrogen-bond acceptors (Lipinski definition) is 7. The number of carbonyl (C=O) groups excluding carboxylic acids is 2. The van der Waals surface area contributed by atoms with E-state index in [0.717, 1.165) is 17.5 Å². The summed E-state index contributed by atoms with van der Waals surface area (Å²) in [6, 6.07) is 14.8. The molecule has 1 fully saturated rings. The molecule has 2 amide bonds. The molecule has 1 aliphatic rings. The van der Waals surface area contributed by atoms with Crippen molar-refractivity contribution in [3.63, 3.8) is 0 Å². The van der Waals surface area contributed by atoms with Crippen molar-refractivity contribution >= 4 is 23.3 Å². The number of ether oxygens (including phenoxy) is 3. The Morgan fingerprint density at radius 2 is 1.86 bits per heavy atom. The summed E-state index contributed by atoms with van der Waals surface area (Å²) in [5, 5.41) is 0. The van der Waals surface area contributed by atoms with Gasteiger partial charge in [-0.25, -0.2) is 14.6 Å². The van der Waals surface area contributed by atoms with Gasteiger partial charge in [0.05, 0.1) is 12.6 Å². The van der Waals surface area contributed by atoms with Crippen molar-refractivity contribution in [3.8, 4) is 5.75 Å². The Kier molecular flexibility index (Phi) is 8.21. The minimum Gasteiger partial charge on any atom is -0.493 e. The van der Waals surface area contributed by atoms with Crippen molar-refractivity contribution in [2.24, 2.45) is 0 Å². The second-order valence-corrected chi connectivity index (χ2v) is 10.0. The summed E-state index contributed by atoms with van der Waals surface area (Å²) in [5.74, 6) is 1.34. The molecular formula is C28H35N3O6. The summed E-state index contributed by atoms with van der Waals surface area (Å²) < 4.78 is 22.9. The van der Waals surface area contributed by atoms with E-state index in [2.05, 4.69) is 4.98 Å². The van der Waals surface area contributed by atoms with Gasteiger partial charge in [-0.1, -0.05) is 37.3 Å². The summed E-state index contributed by atoms with van der Waals surface area (Å²) >= 11 is 0. The minimum absolute atomic E-state index is 0.198. The monoisotopic (exact) mass is 509 g/mol. The Labute approximate surface area is 217 Å². The number of amides is 2. The van der Waals surface area contributed by atoms with Crippen LogP contribution in [0.3, 0.4) is 0 Å². The molecule has 0 unspecified atom stereocenters. The average Bonchev–Trinajstić information content (AvgIpc) is 3.29. The van der Waals surface area contributed by atoms with E-state index in [0.29, 0.717) is 49.9 Å². The van der Waals surface area contributed by atoms with Crippen LogP contribution in [0.1, 0.15) is 45.6 Å². The minimum atomic E-state index is -0.617. The molecule has 37 heavy (non-hydrogen) atoms. The summed E-state index contributed by atoms with van der Waals surface area (Å²) in [5.41, 5.74) is 1.77. The third-order valence-electron chi connectivity index (χ3n) is 6.00. The van der Waals surface area contributed by atoms with Gasteiger partial charge in [-0.3, -0.25) is 0 Å². The molecule has 2 aromatic carbocycles. The molecule has 1 aliphatic heterocycles. The Balaban J connectivity index is 1.39. The SMILES string of the molecule is CCc1nc2ccc(OCC[C@@H]3CN(C(=O)OCc4ccccc4)CCN3C(=O)OC(C)(C)C)cc2o1. The number of piperazine rings is 1. The lowest BCUT2D eigenvalue weighted by molar-refractivity contribution is -0.00614. The smallest absolute Gasteiger partial charge is 0.410 e. The molecule has 2 heterocycles. The molecule has 0 aliphatic carbocycles. The molecule has 9 nitrogen and oxygen atoms in total. The van der Waals surface area contributed by atoms with Crippen LogP contribution in [0.15, 0.2) is 52.9 Å². The van der Waals surface area contributed by atoms with Crippen LogP contribution >= 0.6 is 0 Å². The number of benzene rings is 2. The predicted octanol–water partition coefficient (Wildman–Crippen LogP) is 5.42. The molecule has 0 radical (unpaired) electrons. The van der Waals surface area contributed by atoms with E-state index < -0.39 is 17.8 Å². The molecule has 4 rings (SSSR count). The van der Waals surface area contributed by atoms with Gasteiger partial charge in [-0.2, -0.15) is 0 Å². The highest BCUT2D eigenvalue weighted by Gasteiger charge is 2.35. The molecule has 1 aromatic heterocycles. The van der Waals surface area contributed by atoms with Crippen LogP contribution in [-0.4, -0.2) is 64.9 Å². The summed E-state index contributed by atoms with van der Waals surface area (Å²) in [6.45, 7) is 9.09. The summed E-state index contributed by atoms with van der Waals surface area (Å²) in [6.07, 6.45) is 0.430. The van der Waals surface area contributed by atoms with Crippen molar-refractivity contribution in [2.45, 2.75) is 58.8 Å². The Morgan fingerprint density at radius 3 is 2.59 bits per heavy atom. The van der Waals surface area contributed by atoms with Crippen LogP contribution in [-0.2, 0) is 22.5 Å². The molecule has 0 N–H and O–H groups in total. The zero-order chi connectivity index (χ0) is 26.4. The van der Waals surface area contributed by atoms with Crippen molar-refractivity contribution in [3.05, 3.63) is 60.0 Å². The van der Waals surface area contributed by atoms with Crippen molar-refractivity contribution in [2.75, 3.05) is 26.2 Å². The molecule has 0 spiro atoms. The lowest BCUT2D eigenvalue weighted by Gasteiger charge is -2.41. The second kappa shape index (κ2) is 11.5. The first kappa shape index (κ1) is 26.3. The molecule has 198 valence electrons. The van der Waals surface area contributed by atoms with Gasteiger partial charge in [0.25, 0.3) is 0 Å². The fourth-order valence-electron chi connectivity index (χ4n) is 4.15. The van der Waals surface area contributed by atoms with E-state index in [4.69, 9.17) is 18.6 Å². The van der Waals surface area contributed by atoms with Crippen LogP contribution in [0.25, 0.3) is 11.1 Å². The van der Waals surface area contributed by atoms with E-state index in [1.54, 1.807) is 9.80 Å². The maximum absolute atomic E-state index is 12.9. The van der Waals surface area contributed by atoms with Crippen LogP contribution in [0.2, 0.25) is 0 Å². The first-order valence-electron chi connectivity index (χ1n) is 12.7. The topological polar surface area (TPSA) is 94.3 Å². The number of hydrogen-bond donors (Lipinski definition) is 0. The van der Waals surface area contributed by atoms with Gasteiger partial charge in [0, 0.05) is 38.5 Å². The summed E-state index contributed by atoms with van der Waals surface area (Å²) in [7, 11) is 0. The van der Waals surface area contributed by atoms with Gasteiger partial charge in [-0.15, -0.1) is 0 Å². The fraction of sp³-hybridized carbons (Fsp3) is 0.464. The van der Waals surface area contributed by atoms with Gasteiger partial charge >= 0.3 is 12.2 Å². The molecule has 1 saturated heterocycles. The zero-order valence-corrected chi connectivity index (χ0v) is 21.9. The number of rotatable bonds is 7. The van der Waals surface area contributed by atoms with Crippen LogP contribution in [0.5, 0.6) is 5.75 Å². The molecule has 9 heteroatoms. The van der Waals surface area contributed by atoms with E-state index in [1.165, 1.54) is 0 Å². The Morgan fingerprint density at radius 1 is 1.08 bits per heavy atom. The van der Waals surface area contributed by atoms with Crippen molar-refractivity contribution in [1.82, 2.24) is 14.8 Å². The number of oxazole rings is 1. The third-order valence-corrected chi connectivity index (χ3v) is 6.00. The fourth-order valence-corrected chi connectivity index (χ4v) is 4.15. The van der Waals surface area contributed by atoms with Crippen molar-refractivity contribution in [1.29, 1.82) is 0 Å². The van der Waals surface area contributed by atoms with E-state index in [-0.39, 0.29) is 12.6 Å². The Bertz CT molecular complexity index is 1200. The van der Waals surface area contributed by atoms with Gasteiger partial charge in [0.1, 0.15) is 23.5 Å². The third kappa shape index (κ3) is 7.15. The van der Waals surface area contributed by atoms with Gasteiger partial charge in [0.15, 0.2) is 11.5 Å². The maximum atomic E-state index is 12.9. The van der Waals surface area contributed by atoms with Crippen LogP contribution < -0.4 is 4.74 Å². The highest BCUT2D eigenvalue weighted by molar-refractivity contribution is 5.74. The molecule has 1 atom stereocenters. The second-order valence-electron chi connectivity index (χ2n) is 10.0. The molecule has 0 bridgehead atoms. The number of fused-ring (bicyclic) bond motifs is 1. The lowest BCUT2D eigenvalue weighted by atomic mass is 10.1. The number of carbonyl (C=O) groups is 2. The summed E-state index contributed by atoms with van der Waals surface area (Å²) in [4.78, 5) is 33.5. The highest BCUT2D eigenvalue weighted by Crippen LogP contribution is 2.23. The van der Waals surface area contributed by atoms with Crippen molar-refractivity contribution < 1.29 is 28.2 Å². The molecule has 3 aromatic rings. The molecule has 0 saturated carbocycles. The predicted molar refractivity (Wildman–Crippen MR) is 138 cm³/mol. The maximum Gasteiger partial charge on any atom is 0.410 e. The average molecular weight is 510 g/mol. The zero-order valence-electron chi connectivity index (χ0n) is 21.9. The number of aromatic nitrogens is 1. The van der Waals surface area contributed by atoms with Gasteiger partial charge in [-0.05, 0) is 38.5 Å². The van der Waals surface area contributed by atoms with Gasteiger partial charge < -0.3 is 28.4 Å². The normalized spacial score (nSPS) is 16.1. The van der Waals surface area contributed by atoms with Crippen LogP contribution in [0.4, 0.5) is 9.59 Å². The van der Waals surface area contributed by atoms with E-state index in [9.17, 15) is 9.59 Å². The van der Waals surface area contributed by atoms with Crippen LogP contribution in [0, 0.1) is 0 Å². The standard InChI is InChI=1S/C28H35N3O6/c1-5-25-29-23-12-11-22(17-24(23)36-25)34-16-13-21-18-30(14-15-31(21)27(33)37-28(2,3)4)26(32)35-19-20-9-7-6-8-10-20/h6-12,17,21H,5,13-16,18-19H2,1-4H3/t21-/m1/s1. The van der Waals surface area contributed by atoms with E-state index >= 15 is 0 Å². The van der Waals surface area contributed by atoms with E-state index in [1.807, 2.05) is 76.2 Å². The highest BCUT2D eigenvalue weighted by atomic mass is 16.6.